The van der Waals surface area contributed by atoms with Gasteiger partial charge in [-0.05, 0) is 54.4 Å². The van der Waals surface area contributed by atoms with Gasteiger partial charge in [0.2, 0.25) is 0 Å². The number of nitrogens with one attached hydrogen (secondary N) is 1. The normalized spacial score (nSPS) is 10.8. The highest BCUT2D eigenvalue weighted by Gasteiger charge is 2.12. The summed E-state index contributed by atoms with van der Waals surface area (Å²) < 4.78 is 22.2. The average Bonchev–Trinajstić information content (AvgIpc) is 3.37. The van der Waals surface area contributed by atoms with Gasteiger partial charge in [-0.1, -0.05) is 23.7 Å². The molecule has 0 radical (unpaired) electrons. The standard InChI is InChI=1S/C22H19ClFN5O2/c1-15-11-17(23)5-6-20(15)31-14-29-9-7-19(26-29)22(30)25-21-8-10-28(27-21)13-16-3-2-4-18(24)12-16/h2-12H,13-14H2,1H3,(H,25,27,30). The molecule has 1 amide bonds. The number of hydrogen-bond donors (Lipinski definition) is 1. The molecule has 0 bridgehead atoms. The van der Waals surface area contributed by atoms with Crippen molar-refractivity contribution in [1.29, 1.82) is 0 Å². The first-order chi connectivity index (χ1) is 15.0. The molecule has 0 spiro atoms. The van der Waals surface area contributed by atoms with E-state index in [0.29, 0.717) is 23.1 Å². The van der Waals surface area contributed by atoms with Crippen LogP contribution in [-0.4, -0.2) is 25.5 Å². The van der Waals surface area contributed by atoms with Crippen LogP contribution in [0.15, 0.2) is 67.0 Å². The molecule has 2 aromatic heterocycles. The number of benzene rings is 2. The van der Waals surface area contributed by atoms with Crippen LogP contribution in [0.1, 0.15) is 21.6 Å². The van der Waals surface area contributed by atoms with Crippen molar-refractivity contribution >= 4 is 23.3 Å². The van der Waals surface area contributed by atoms with E-state index in [-0.39, 0.29) is 18.2 Å². The van der Waals surface area contributed by atoms with Gasteiger partial charge in [-0.2, -0.15) is 10.2 Å². The summed E-state index contributed by atoms with van der Waals surface area (Å²) >= 11 is 5.95. The SMILES string of the molecule is Cc1cc(Cl)ccc1OCn1ccc(C(=O)Nc2ccn(Cc3cccc(F)c3)n2)n1. The lowest BCUT2D eigenvalue weighted by Crippen LogP contribution is -2.15. The van der Waals surface area contributed by atoms with Crippen LogP contribution in [0.2, 0.25) is 5.02 Å². The molecule has 0 aliphatic rings. The Hall–Kier alpha value is -3.65. The van der Waals surface area contributed by atoms with E-state index in [2.05, 4.69) is 15.5 Å². The fourth-order valence-electron chi connectivity index (χ4n) is 2.98. The quantitative estimate of drug-likeness (QED) is 0.459. The maximum atomic E-state index is 13.3. The van der Waals surface area contributed by atoms with E-state index in [1.165, 1.54) is 16.8 Å². The smallest absolute Gasteiger partial charge is 0.277 e. The van der Waals surface area contributed by atoms with Gasteiger partial charge in [-0.25, -0.2) is 9.07 Å². The van der Waals surface area contributed by atoms with Crippen LogP contribution >= 0.6 is 11.6 Å². The van der Waals surface area contributed by atoms with E-state index in [1.54, 1.807) is 47.4 Å². The molecule has 0 aliphatic heterocycles. The molecule has 0 unspecified atom stereocenters. The Morgan fingerprint density at radius 1 is 1.10 bits per heavy atom. The van der Waals surface area contributed by atoms with Crippen LogP contribution in [0.4, 0.5) is 10.2 Å². The van der Waals surface area contributed by atoms with E-state index in [1.807, 2.05) is 19.1 Å². The first-order valence-electron chi connectivity index (χ1n) is 9.48. The minimum Gasteiger partial charge on any atom is -0.471 e. The largest absolute Gasteiger partial charge is 0.471 e. The Bertz CT molecular complexity index is 1220. The molecule has 0 fully saturated rings. The van der Waals surface area contributed by atoms with Crippen molar-refractivity contribution in [2.24, 2.45) is 0 Å². The first-order valence-corrected chi connectivity index (χ1v) is 9.86. The van der Waals surface area contributed by atoms with Crippen LogP contribution in [0.3, 0.4) is 0 Å². The highest BCUT2D eigenvalue weighted by Crippen LogP contribution is 2.22. The Morgan fingerprint density at radius 2 is 1.94 bits per heavy atom. The summed E-state index contributed by atoms with van der Waals surface area (Å²) in [4.78, 5) is 12.5. The summed E-state index contributed by atoms with van der Waals surface area (Å²) in [6.45, 7) is 2.44. The van der Waals surface area contributed by atoms with Gasteiger partial charge in [0.15, 0.2) is 18.2 Å². The van der Waals surface area contributed by atoms with E-state index < -0.39 is 5.91 Å². The predicted molar refractivity (Wildman–Crippen MR) is 115 cm³/mol. The minimum absolute atomic E-state index is 0.151. The van der Waals surface area contributed by atoms with E-state index in [0.717, 1.165) is 11.1 Å². The summed E-state index contributed by atoms with van der Waals surface area (Å²) in [5.41, 5.74) is 1.92. The van der Waals surface area contributed by atoms with Gasteiger partial charge in [0.1, 0.15) is 11.6 Å². The monoisotopic (exact) mass is 439 g/mol. The number of rotatable bonds is 7. The van der Waals surface area contributed by atoms with E-state index in [9.17, 15) is 9.18 Å². The number of ether oxygens (including phenoxy) is 1. The average molecular weight is 440 g/mol. The van der Waals surface area contributed by atoms with E-state index >= 15 is 0 Å². The molecule has 7 nitrogen and oxygen atoms in total. The lowest BCUT2D eigenvalue weighted by atomic mass is 10.2. The lowest BCUT2D eigenvalue weighted by molar-refractivity contribution is 0.101. The van der Waals surface area contributed by atoms with Gasteiger partial charge in [-0.15, -0.1) is 0 Å². The van der Waals surface area contributed by atoms with Crippen LogP contribution in [0, 0.1) is 12.7 Å². The third-order valence-corrected chi connectivity index (χ3v) is 4.71. The first kappa shape index (κ1) is 20.6. The molecule has 0 atom stereocenters. The number of nitrogens with zero attached hydrogens (tertiary/aromatic N) is 4. The highest BCUT2D eigenvalue weighted by molar-refractivity contribution is 6.30. The molecule has 4 aromatic rings. The molecule has 31 heavy (non-hydrogen) atoms. The summed E-state index contributed by atoms with van der Waals surface area (Å²) in [7, 11) is 0. The number of halogens is 2. The second-order valence-electron chi connectivity index (χ2n) is 6.91. The van der Waals surface area contributed by atoms with Crippen molar-refractivity contribution in [2.75, 3.05) is 5.32 Å². The molecule has 9 heteroatoms. The Labute approximate surface area is 183 Å². The number of carbonyl (C=O) groups excluding carboxylic acids is 1. The van der Waals surface area contributed by atoms with Crippen LogP contribution in [0.5, 0.6) is 5.75 Å². The Morgan fingerprint density at radius 3 is 2.74 bits per heavy atom. The number of amides is 1. The fraction of sp³-hybridized carbons (Fsp3) is 0.136. The van der Waals surface area contributed by atoms with Gasteiger partial charge in [0, 0.05) is 23.5 Å². The third kappa shape index (κ3) is 5.29. The molecule has 0 aliphatic carbocycles. The second-order valence-corrected chi connectivity index (χ2v) is 7.34. The molecule has 1 N–H and O–H groups in total. The molecule has 0 saturated heterocycles. The zero-order valence-corrected chi connectivity index (χ0v) is 17.4. The molecule has 4 rings (SSSR count). The van der Waals surface area contributed by atoms with Gasteiger partial charge < -0.3 is 10.1 Å². The van der Waals surface area contributed by atoms with Crippen LogP contribution in [-0.2, 0) is 13.3 Å². The fourth-order valence-corrected chi connectivity index (χ4v) is 3.21. The summed E-state index contributed by atoms with van der Waals surface area (Å²) in [6.07, 6.45) is 3.37. The van der Waals surface area contributed by atoms with Crippen molar-refractivity contribution in [3.63, 3.8) is 0 Å². The molecule has 2 aromatic carbocycles. The van der Waals surface area contributed by atoms with Crippen molar-refractivity contribution in [3.05, 3.63) is 94.7 Å². The molecule has 0 saturated carbocycles. The van der Waals surface area contributed by atoms with Crippen molar-refractivity contribution < 1.29 is 13.9 Å². The van der Waals surface area contributed by atoms with Crippen molar-refractivity contribution in [2.45, 2.75) is 20.2 Å². The maximum Gasteiger partial charge on any atom is 0.277 e. The Balaban J connectivity index is 1.34. The minimum atomic E-state index is -0.391. The molecule has 2 heterocycles. The topological polar surface area (TPSA) is 74.0 Å². The third-order valence-electron chi connectivity index (χ3n) is 4.48. The Kier molecular flexibility index (Phi) is 5.99. The molecular formula is C22H19ClFN5O2. The zero-order chi connectivity index (χ0) is 21.8. The highest BCUT2D eigenvalue weighted by atomic mass is 35.5. The second kappa shape index (κ2) is 9.01. The van der Waals surface area contributed by atoms with Gasteiger partial charge >= 0.3 is 0 Å². The summed E-state index contributed by atoms with van der Waals surface area (Å²) in [5.74, 6) is 0.375. The van der Waals surface area contributed by atoms with Gasteiger partial charge in [-0.3, -0.25) is 9.48 Å². The lowest BCUT2D eigenvalue weighted by Gasteiger charge is -2.09. The van der Waals surface area contributed by atoms with Crippen LogP contribution in [0.25, 0.3) is 0 Å². The predicted octanol–water partition coefficient (Wildman–Crippen LogP) is 4.52. The number of carbonyl (C=O) groups is 1. The van der Waals surface area contributed by atoms with Gasteiger partial charge in [0.05, 0.1) is 6.54 Å². The number of hydrogen-bond acceptors (Lipinski definition) is 4. The number of aromatic nitrogens is 4. The van der Waals surface area contributed by atoms with Crippen molar-refractivity contribution in [3.8, 4) is 5.75 Å². The molecular weight excluding hydrogens is 421 g/mol. The summed E-state index contributed by atoms with van der Waals surface area (Å²) in [5, 5.41) is 11.9. The van der Waals surface area contributed by atoms with Crippen LogP contribution < -0.4 is 10.1 Å². The van der Waals surface area contributed by atoms with Gasteiger partial charge in [0.25, 0.3) is 5.91 Å². The summed E-state index contributed by atoms with van der Waals surface area (Å²) in [6, 6.07) is 14.9. The molecule has 158 valence electrons. The number of anilines is 1. The zero-order valence-electron chi connectivity index (χ0n) is 16.6. The van der Waals surface area contributed by atoms with E-state index in [4.69, 9.17) is 16.3 Å². The maximum absolute atomic E-state index is 13.3. The number of aryl methyl sites for hydroxylation is 1. The van der Waals surface area contributed by atoms with Crippen molar-refractivity contribution in [1.82, 2.24) is 19.6 Å².